The first kappa shape index (κ1) is 22.4. The van der Waals surface area contributed by atoms with Crippen molar-refractivity contribution in [2.45, 2.75) is 13.8 Å². The second kappa shape index (κ2) is 16.2. The van der Waals surface area contributed by atoms with E-state index in [1.807, 2.05) is 0 Å². The maximum atomic E-state index is 9.00. The van der Waals surface area contributed by atoms with Gasteiger partial charge >= 0.3 is 37.7 Å². The summed E-state index contributed by atoms with van der Waals surface area (Å²) in [5, 5.41) is 14.8. The summed E-state index contributed by atoms with van der Waals surface area (Å²) in [6, 6.07) is 0. The number of carbonyl (C=O) groups is 2. The monoisotopic (exact) mass is 198 g/mol. The van der Waals surface area contributed by atoms with Gasteiger partial charge in [0.2, 0.25) is 0 Å². The number of hydrogen-bond donors (Lipinski definition) is 2. The minimum Gasteiger partial charge on any atom is -1.00 e. The van der Waals surface area contributed by atoms with Crippen LogP contribution in [0.15, 0.2) is 0 Å². The zero-order chi connectivity index (χ0) is 7.15. The van der Waals surface area contributed by atoms with E-state index in [4.69, 9.17) is 19.8 Å². The molecule has 0 rings (SSSR count). The van der Waals surface area contributed by atoms with Crippen LogP contribution in [0.2, 0.25) is 0 Å². The van der Waals surface area contributed by atoms with Gasteiger partial charge in [-0.1, -0.05) is 0 Å². The van der Waals surface area contributed by atoms with Crippen LogP contribution in [-0.2, 0) is 9.59 Å². The van der Waals surface area contributed by atoms with Crippen LogP contribution in [0.1, 0.15) is 16.7 Å². The molecule has 6 heteroatoms. The van der Waals surface area contributed by atoms with E-state index >= 15 is 0 Å². The van der Waals surface area contributed by atoms with Crippen molar-refractivity contribution < 1.29 is 22.7 Å². The topological polar surface area (TPSA) is 74.6 Å². The van der Waals surface area contributed by atoms with Gasteiger partial charge in [0.05, 0.1) is 0 Å². The molecule has 0 heterocycles. The molecule has 10 heavy (non-hydrogen) atoms. The molecule has 0 atom stereocenters. The Kier molecular flexibility index (Phi) is 36.4. The van der Waals surface area contributed by atoms with Crippen LogP contribution in [0, 0.1) is 0 Å². The summed E-state index contributed by atoms with van der Waals surface area (Å²) < 4.78 is 0. The van der Waals surface area contributed by atoms with E-state index in [1.54, 1.807) is 0 Å². The van der Waals surface area contributed by atoms with Crippen molar-refractivity contribution in [3.8, 4) is 0 Å². The molecule has 0 radical (unpaired) electrons. The number of aliphatic carboxylic acids is 2. The Morgan fingerprint density at radius 3 is 1.10 bits per heavy atom. The molecule has 0 unspecified atom stereocenters. The van der Waals surface area contributed by atoms with Gasteiger partial charge in [0.25, 0.3) is 11.9 Å². The Morgan fingerprint density at radius 2 is 1.10 bits per heavy atom. The SMILES string of the molecule is CC(=O)O.CC(=O)O.Cl.[Ca+2].[H-].[H-]. The van der Waals surface area contributed by atoms with Crippen LogP contribution in [0.5, 0.6) is 0 Å². The normalized spacial score (nSPS) is 5.00. The summed E-state index contributed by atoms with van der Waals surface area (Å²) >= 11 is 0. The maximum Gasteiger partial charge on any atom is 2.00 e. The molecule has 0 aliphatic rings. The standard InChI is InChI=1S/2C2H4O2.Ca.ClH.2H/c2*1-2(3)4;;;;/h2*1H3,(H,3,4);;1H;;/q;;+2;;2*-1. The molecule has 0 aliphatic heterocycles. The molecule has 0 saturated carbocycles. The first-order chi connectivity index (χ1) is 3.46. The fraction of sp³-hybridized carbons (Fsp3) is 0.500. The van der Waals surface area contributed by atoms with E-state index in [0.717, 1.165) is 13.8 Å². The average Bonchev–Trinajstić information content (AvgIpc) is 1.25. The smallest absolute Gasteiger partial charge is 1.00 e. The van der Waals surface area contributed by atoms with E-state index < -0.39 is 11.9 Å². The van der Waals surface area contributed by atoms with Gasteiger partial charge in [-0.25, -0.2) is 0 Å². The third kappa shape index (κ3) is 1990. The molecular weight excluding hydrogens is 188 g/mol. The first-order valence-corrected chi connectivity index (χ1v) is 1.86. The molecule has 0 spiro atoms. The van der Waals surface area contributed by atoms with Gasteiger partial charge in [-0.05, 0) is 0 Å². The van der Waals surface area contributed by atoms with Gasteiger partial charge in [-0.3, -0.25) is 9.59 Å². The van der Waals surface area contributed by atoms with E-state index in [0.29, 0.717) is 0 Å². The quantitative estimate of drug-likeness (QED) is 0.555. The minimum absolute atomic E-state index is 0. The molecule has 0 bridgehead atoms. The number of rotatable bonds is 0. The Labute approximate surface area is 98.0 Å². The zero-order valence-corrected chi connectivity index (χ0v) is 8.85. The molecule has 0 amide bonds. The molecule has 0 aromatic carbocycles. The van der Waals surface area contributed by atoms with E-state index in [9.17, 15) is 0 Å². The molecule has 4 nitrogen and oxygen atoms in total. The van der Waals surface area contributed by atoms with Gasteiger partial charge in [0.15, 0.2) is 0 Å². The molecule has 0 aromatic rings. The van der Waals surface area contributed by atoms with Gasteiger partial charge < -0.3 is 13.1 Å². The Bertz CT molecular complexity index is 83.1. The van der Waals surface area contributed by atoms with E-state index in [2.05, 4.69) is 0 Å². The van der Waals surface area contributed by atoms with Crippen molar-refractivity contribution in [3.63, 3.8) is 0 Å². The van der Waals surface area contributed by atoms with Crippen molar-refractivity contribution in [1.82, 2.24) is 0 Å². The largest absolute Gasteiger partial charge is 2.00 e. The predicted octanol–water partition coefficient (Wildman–Crippen LogP) is 0.448. The van der Waals surface area contributed by atoms with Gasteiger partial charge in [-0.15, -0.1) is 12.4 Å². The summed E-state index contributed by atoms with van der Waals surface area (Å²) in [7, 11) is 0. The summed E-state index contributed by atoms with van der Waals surface area (Å²) in [5.74, 6) is -1.67. The van der Waals surface area contributed by atoms with Gasteiger partial charge in [-0.2, -0.15) is 0 Å². The number of carboxylic acids is 2. The summed E-state index contributed by atoms with van der Waals surface area (Å²) in [5.41, 5.74) is 0. The minimum atomic E-state index is -0.833. The van der Waals surface area contributed by atoms with Crippen LogP contribution in [0.4, 0.5) is 0 Å². The van der Waals surface area contributed by atoms with Crippen molar-refractivity contribution in [2.75, 3.05) is 0 Å². The third-order valence-corrected chi connectivity index (χ3v) is 0. The maximum absolute atomic E-state index is 9.00. The summed E-state index contributed by atoms with van der Waals surface area (Å²) in [6.07, 6.45) is 0. The molecule has 60 valence electrons. The van der Waals surface area contributed by atoms with Gasteiger partial charge in [0, 0.05) is 13.8 Å². The van der Waals surface area contributed by atoms with E-state index in [-0.39, 0.29) is 53.0 Å². The Balaban J connectivity index is -0.0000000112. The van der Waals surface area contributed by atoms with Crippen LogP contribution >= 0.6 is 12.4 Å². The number of halogens is 1. The number of carboxylic acid groups (broad SMARTS) is 2. The molecule has 2 N–H and O–H groups in total. The summed E-state index contributed by atoms with van der Waals surface area (Å²) in [6.45, 7) is 2.17. The fourth-order valence-electron chi connectivity index (χ4n) is 0. The molecule has 0 aliphatic carbocycles. The average molecular weight is 199 g/mol. The van der Waals surface area contributed by atoms with Crippen molar-refractivity contribution in [1.29, 1.82) is 0 Å². The Morgan fingerprint density at radius 1 is 1.10 bits per heavy atom. The molecule has 0 aromatic heterocycles. The third-order valence-electron chi connectivity index (χ3n) is 0. The zero-order valence-electron chi connectivity index (χ0n) is 7.83. The molecular formula is C4H11CaClO4. The van der Waals surface area contributed by atoms with Crippen LogP contribution in [0.25, 0.3) is 0 Å². The van der Waals surface area contributed by atoms with E-state index in [1.165, 1.54) is 0 Å². The van der Waals surface area contributed by atoms with Crippen LogP contribution in [-0.4, -0.2) is 59.9 Å². The Hall–Kier alpha value is 0.490. The summed E-state index contributed by atoms with van der Waals surface area (Å²) in [4.78, 5) is 18.0. The molecule has 0 fully saturated rings. The first-order valence-electron chi connectivity index (χ1n) is 1.86. The van der Waals surface area contributed by atoms with Crippen LogP contribution in [0.3, 0.4) is 0 Å². The second-order valence-electron chi connectivity index (χ2n) is 1.04. The molecule has 0 saturated heterocycles. The van der Waals surface area contributed by atoms with Crippen LogP contribution < -0.4 is 0 Å². The fourth-order valence-corrected chi connectivity index (χ4v) is 0. The van der Waals surface area contributed by atoms with Crippen molar-refractivity contribution in [2.24, 2.45) is 0 Å². The predicted molar refractivity (Wildman–Crippen MR) is 41.8 cm³/mol. The van der Waals surface area contributed by atoms with Crippen molar-refractivity contribution >= 4 is 62.1 Å². The van der Waals surface area contributed by atoms with Crippen molar-refractivity contribution in [3.05, 3.63) is 0 Å². The second-order valence-corrected chi connectivity index (χ2v) is 1.04. The van der Waals surface area contributed by atoms with Gasteiger partial charge in [0.1, 0.15) is 0 Å². The number of hydrogen-bond acceptors (Lipinski definition) is 2.